The van der Waals surface area contributed by atoms with Crippen LogP contribution in [0.3, 0.4) is 0 Å². The van der Waals surface area contributed by atoms with Crippen molar-refractivity contribution in [3.05, 3.63) is 57.1 Å². The summed E-state index contributed by atoms with van der Waals surface area (Å²) in [6.45, 7) is 1.36. The van der Waals surface area contributed by atoms with Crippen LogP contribution in [-0.2, 0) is 4.79 Å². The van der Waals surface area contributed by atoms with Crippen molar-refractivity contribution >= 4 is 46.2 Å². The maximum atomic E-state index is 12.5. The maximum absolute atomic E-state index is 12.5. The highest BCUT2D eigenvalue weighted by atomic mass is 35.5. The maximum Gasteiger partial charge on any atom is 0.293 e. The van der Waals surface area contributed by atoms with Gasteiger partial charge in [0.15, 0.2) is 0 Å². The summed E-state index contributed by atoms with van der Waals surface area (Å²) < 4.78 is 0. The zero-order valence-electron chi connectivity index (χ0n) is 14.4. The monoisotopic (exact) mass is 388 g/mol. The third-order valence-electron chi connectivity index (χ3n) is 3.93. The Hall–Kier alpha value is -3.13. The highest BCUT2D eigenvalue weighted by Crippen LogP contribution is 2.32. The molecule has 0 saturated heterocycles. The first kappa shape index (κ1) is 18.7. The third kappa shape index (κ3) is 4.73. The number of amides is 2. The van der Waals surface area contributed by atoms with E-state index in [0.717, 1.165) is 12.8 Å². The number of hydrogen-bond donors (Lipinski definition) is 3. The number of hydrogen-bond acceptors (Lipinski definition) is 5. The summed E-state index contributed by atoms with van der Waals surface area (Å²) in [5.41, 5.74) is 1.12. The second-order valence-electron chi connectivity index (χ2n) is 6.24. The largest absolute Gasteiger partial charge is 0.377 e. The van der Waals surface area contributed by atoms with Gasteiger partial charge in [-0.25, -0.2) is 0 Å². The van der Waals surface area contributed by atoms with Crippen molar-refractivity contribution in [1.82, 2.24) is 0 Å². The molecule has 0 unspecified atom stereocenters. The summed E-state index contributed by atoms with van der Waals surface area (Å²) in [5, 5.41) is 19.9. The SMILES string of the molecule is CC(=O)Nc1ccc(Cl)c(NC(=O)c2ccc(NC3CC3)c([N+](=O)[O-])c2)c1. The average molecular weight is 389 g/mol. The lowest BCUT2D eigenvalue weighted by atomic mass is 10.1. The van der Waals surface area contributed by atoms with E-state index in [2.05, 4.69) is 16.0 Å². The molecule has 0 atom stereocenters. The number of carbonyl (C=O) groups is 2. The molecule has 1 aliphatic rings. The van der Waals surface area contributed by atoms with Crippen LogP contribution in [0, 0.1) is 10.1 Å². The fraction of sp³-hybridized carbons (Fsp3) is 0.222. The quantitative estimate of drug-likeness (QED) is 0.510. The van der Waals surface area contributed by atoms with E-state index in [1.165, 1.54) is 37.3 Å². The molecule has 1 saturated carbocycles. The molecule has 0 bridgehead atoms. The van der Waals surface area contributed by atoms with Gasteiger partial charge in [-0.3, -0.25) is 19.7 Å². The van der Waals surface area contributed by atoms with Gasteiger partial charge in [-0.05, 0) is 43.2 Å². The topological polar surface area (TPSA) is 113 Å². The Morgan fingerprint density at radius 1 is 1.11 bits per heavy atom. The number of nitro benzene ring substituents is 1. The van der Waals surface area contributed by atoms with E-state index >= 15 is 0 Å². The predicted molar refractivity (Wildman–Crippen MR) is 103 cm³/mol. The molecule has 0 aliphatic heterocycles. The van der Waals surface area contributed by atoms with Crippen LogP contribution in [0.15, 0.2) is 36.4 Å². The lowest BCUT2D eigenvalue weighted by Crippen LogP contribution is -2.14. The Balaban J connectivity index is 1.82. The summed E-state index contributed by atoms with van der Waals surface area (Å²) in [6, 6.07) is 9.17. The lowest BCUT2D eigenvalue weighted by molar-refractivity contribution is -0.384. The first-order valence-electron chi connectivity index (χ1n) is 8.27. The molecular weight excluding hydrogens is 372 g/mol. The Labute approximate surface area is 160 Å². The molecule has 0 aromatic heterocycles. The number of nitrogens with zero attached hydrogens (tertiary/aromatic N) is 1. The van der Waals surface area contributed by atoms with E-state index in [0.29, 0.717) is 11.4 Å². The number of anilines is 3. The van der Waals surface area contributed by atoms with Crippen molar-refractivity contribution in [3.8, 4) is 0 Å². The van der Waals surface area contributed by atoms with E-state index in [1.54, 1.807) is 6.07 Å². The fourth-order valence-electron chi connectivity index (χ4n) is 2.49. The van der Waals surface area contributed by atoms with Gasteiger partial charge in [-0.2, -0.15) is 0 Å². The second kappa shape index (κ2) is 7.63. The van der Waals surface area contributed by atoms with Crippen LogP contribution in [0.4, 0.5) is 22.7 Å². The standard InChI is InChI=1S/C18H17ClN4O4/c1-10(24)20-13-5-6-14(19)16(9-13)22-18(25)11-2-7-15(21-12-3-4-12)17(8-11)23(26)27/h2,5-9,12,21H,3-4H2,1H3,(H,20,24)(H,22,25). The van der Waals surface area contributed by atoms with Gasteiger partial charge < -0.3 is 16.0 Å². The highest BCUT2D eigenvalue weighted by Gasteiger charge is 2.25. The van der Waals surface area contributed by atoms with Crippen LogP contribution in [0.25, 0.3) is 0 Å². The normalized spacial score (nSPS) is 13.0. The van der Waals surface area contributed by atoms with E-state index in [1.807, 2.05) is 0 Å². The second-order valence-corrected chi connectivity index (χ2v) is 6.64. The summed E-state index contributed by atoms with van der Waals surface area (Å²) in [5.74, 6) is -0.804. The molecule has 2 aromatic carbocycles. The molecule has 0 spiro atoms. The van der Waals surface area contributed by atoms with Crippen molar-refractivity contribution in [3.63, 3.8) is 0 Å². The van der Waals surface area contributed by atoms with Gasteiger partial charge in [0.25, 0.3) is 11.6 Å². The minimum Gasteiger partial charge on any atom is -0.377 e. The van der Waals surface area contributed by atoms with Gasteiger partial charge in [-0.15, -0.1) is 0 Å². The van der Waals surface area contributed by atoms with Gasteiger partial charge >= 0.3 is 0 Å². The molecule has 3 N–H and O–H groups in total. The predicted octanol–water partition coefficient (Wildman–Crippen LogP) is 4.03. The molecule has 1 fully saturated rings. The zero-order valence-corrected chi connectivity index (χ0v) is 15.2. The minimum atomic E-state index is -0.544. The van der Waals surface area contributed by atoms with Crippen LogP contribution in [0.2, 0.25) is 5.02 Å². The Morgan fingerprint density at radius 3 is 2.48 bits per heavy atom. The van der Waals surface area contributed by atoms with E-state index in [9.17, 15) is 19.7 Å². The van der Waals surface area contributed by atoms with E-state index in [-0.39, 0.29) is 33.9 Å². The number of benzene rings is 2. The van der Waals surface area contributed by atoms with Crippen molar-refractivity contribution < 1.29 is 14.5 Å². The molecule has 0 radical (unpaired) electrons. The van der Waals surface area contributed by atoms with Crippen molar-refractivity contribution in [2.75, 3.05) is 16.0 Å². The Kier molecular flexibility index (Phi) is 5.27. The zero-order chi connectivity index (χ0) is 19.6. The van der Waals surface area contributed by atoms with Crippen LogP contribution in [-0.4, -0.2) is 22.8 Å². The molecule has 3 rings (SSSR count). The molecule has 8 nitrogen and oxygen atoms in total. The van der Waals surface area contributed by atoms with Gasteiger partial charge in [0.1, 0.15) is 5.69 Å². The van der Waals surface area contributed by atoms with Crippen LogP contribution >= 0.6 is 11.6 Å². The van der Waals surface area contributed by atoms with Crippen molar-refractivity contribution in [1.29, 1.82) is 0 Å². The summed E-state index contributed by atoms with van der Waals surface area (Å²) >= 11 is 6.09. The molecule has 140 valence electrons. The lowest BCUT2D eigenvalue weighted by Gasteiger charge is -2.11. The Bertz CT molecular complexity index is 928. The summed E-state index contributed by atoms with van der Waals surface area (Å²) in [6.07, 6.45) is 1.95. The van der Waals surface area contributed by atoms with Crippen LogP contribution in [0.5, 0.6) is 0 Å². The smallest absolute Gasteiger partial charge is 0.293 e. The van der Waals surface area contributed by atoms with Gasteiger partial charge in [-0.1, -0.05) is 11.6 Å². The number of rotatable bonds is 6. The van der Waals surface area contributed by atoms with Gasteiger partial charge in [0.05, 0.1) is 15.6 Å². The third-order valence-corrected chi connectivity index (χ3v) is 4.26. The molecular formula is C18H17ClN4O4. The van der Waals surface area contributed by atoms with Gasteiger partial charge in [0, 0.05) is 30.3 Å². The Morgan fingerprint density at radius 2 is 1.85 bits per heavy atom. The molecule has 9 heteroatoms. The van der Waals surface area contributed by atoms with Crippen LogP contribution in [0.1, 0.15) is 30.1 Å². The van der Waals surface area contributed by atoms with E-state index < -0.39 is 10.8 Å². The molecule has 1 aliphatic carbocycles. The number of halogens is 1. The molecule has 2 amide bonds. The number of carbonyl (C=O) groups excluding carboxylic acids is 2. The summed E-state index contributed by atoms with van der Waals surface area (Å²) in [4.78, 5) is 34.5. The first-order chi connectivity index (χ1) is 12.8. The number of nitrogens with one attached hydrogen (secondary N) is 3. The summed E-state index contributed by atoms with van der Waals surface area (Å²) in [7, 11) is 0. The first-order valence-corrected chi connectivity index (χ1v) is 8.65. The molecule has 27 heavy (non-hydrogen) atoms. The van der Waals surface area contributed by atoms with Crippen molar-refractivity contribution in [2.45, 2.75) is 25.8 Å². The van der Waals surface area contributed by atoms with Crippen molar-refractivity contribution in [2.24, 2.45) is 0 Å². The number of nitro groups is 1. The fourth-order valence-corrected chi connectivity index (χ4v) is 2.65. The molecule has 2 aromatic rings. The highest BCUT2D eigenvalue weighted by molar-refractivity contribution is 6.34. The van der Waals surface area contributed by atoms with Gasteiger partial charge in [0.2, 0.25) is 5.91 Å². The van der Waals surface area contributed by atoms with E-state index in [4.69, 9.17) is 11.6 Å². The minimum absolute atomic E-state index is 0.129. The molecule has 0 heterocycles. The van der Waals surface area contributed by atoms with Crippen LogP contribution < -0.4 is 16.0 Å². The average Bonchev–Trinajstić information content (AvgIpc) is 3.41.